The Hall–Kier alpha value is -0.160. The highest BCUT2D eigenvalue weighted by molar-refractivity contribution is 4.70. The summed E-state index contributed by atoms with van der Waals surface area (Å²) in [5.74, 6) is 0. The van der Waals surface area contributed by atoms with Crippen molar-refractivity contribution in [3.05, 3.63) is 0 Å². The minimum atomic E-state index is 0.236. The van der Waals surface area contributed by atoms with Gasteiger partial charge in [-0.15, -0.1) is 10.6 Å². The number of aliphatic hydroxyl groups is 1. The van der Waals surface area contributed by atoms with Crippen molar-refractivity contribution in [2.75, 3.05) is 20.3 Å². The summed E-state index contributed by atoms with van der Waals surface area (Å²) in [6.07, 6.45) is 2.24. The second kappa shape index (κ2) is 3.88. The molecule has 0 aromatic heterocycles. The van der Waals surface area contributed by atoms with Gasteiger partial charge in [0.15, 0.2) is 0 Å². The summed E-state index contributed by atoms with van der Waals surface area (Å²) in [5, 5.41) is 10.9. The van der Waals surface area contributed by atoms with Crippen LogP contribution in [-0.4, -0.2) is 36.4 Å². The van der Waals surface area contributed by atoms with Gasteiger partial charge in [-0.1, -0.05) is 0 Å². The first-order valence-electron chi connectivity index (χ1n) is 3.61. The largest absolute Gasteiger partial charge is 0.395 e. The number of nitrogens with two attached hydrogens (primary N) is 1. The van der Waals surface area contributed by atoms with Crippen molar-refractivity contribution in [3.8, 4) is 0 Å². The van der Waals surface area contributed by atoms with Crippen LogP contribution in [0.2, 0.25) is 0 Å². The normalized spacial score (nSPS) is 27.6. The van der Waals surface area contributed by atoms with E-state index in [1.165, 1.54) is 0 Å². The molecule has 0 aromatic rings. The van der Waals surface area contributed by atoms with E-state index in [1.54, 1.807) is 12.7 Å². The summed E-state index contributed by atoms with van der Waals surface area (Å²) in [5.41, 5.74) is 1.69. The molecule has 3 N–H and O–H groups in total. The van der Waals surface area contributed by atoms with Crippen LogP contribution in [0.4, 0.5) is 0 Å². The van der Waals surface area contributed by atoms with Crippen LogP contribution in [0.3, 0.4) is 0 Å². The number of hydrogen-bond acceptors (Lipinski definition) is 3. The van der Waals surface area contributed by atoms with E-state index in [-0.39, 0.29) is 6.61 Å². The fourth-order valence-corrected chi connectivity index (χ4v) is 1.33. The van der Waals surface area contributed by atoms with Gasteiger partial charge < -0.3 is 5.11 Å². The summed E-state index contributed by atoms with van der Waals surface area (Å²) in [4.78, 5) is 4.85. The van der Waals surface area contributed by atoms with E-state index in [4.69, 9.17) is 9.94 Å². The molecular weight excluding hydrogens is 132 g/mol. The number of rotatable bonds is 3. The van der Waals surface area contributed by atoms with Gasteiger partial charge in [0.1, 0.15) is 0 Å². The third-order valence-corrected chi connectivity index (χ3v) is 1.87. The van der Waals surface area contributed by atoms with E-state index in [9.17, 15) is 0 Å². The molecule has 0 spiro atoms. The van der Waals surface area contributed by atoms with Gasteiger partial charge in [-0.05, 0) is 12.8 Å². The summed E-state index contributed by atoms with van der Waals surface area (Å²) in [6, 6.07) is 0.292. The van der Waals surface area contributed by atoms with Crippen LogP contribution in [0.15, 0.2) is 0 Å². The third-order valence-electron chi connectivity index (χ3n) is 1.87. The SMILES string of the molecule is CO[NH2+]N1CCC[C@H]1CO. The molecule has 0 aromatic carbocycles. The molecule has 4 heteroatoms. The van der Waals surface area contributed by atoms with Gasteiger partial charge in [0.05, 0.1) is 26.3 Å². The molecule has 1 atom stereocenters. The Kier molecular flexibility index (Phi) is 3.08. The van der Waals surface area contributed by atoms with Crippen molar-refractivity contribution in [1.82, 2.24) is 5.01 Å². The van der Waals surface area contributed by atoms with Gasteiger partial charge in [0, 0.05) is 0 Å². The predicted octanol–water partition coefficient (Wildman–Crippen LogP) is -1.52. The van der Waals surface area contributed by atoms with Crippen LogP contribution < -0.4 is 5.59 Å². The number of quaternary nitrogens is 1. The maximum Gasteiger partial charge on any atom is 0.0977 e. The molecule has 1 aliphatic rings. The van der Waals surface area contributed by atoms with E-state index in [0.29, 0.717) is 6.04 Å². The van der Waals surface area contributed by atoms with Crippen molar-refractivity contribution < 1.29 is 15.5 Å². The molecule has 60 valence electrons. The Morgan fingerprint density at radius 1 is 1.80 bits per heavy atom. The first-order valence-corrected chi connectivity index (χ1v) is 3.61. The smallest absolute Gasteiger partial charge is 0.0977 e. The fraction of sp³-hybridized carbons (Fsp3) is 1.00. The zero-order valence-corrected chi connectivity index (χ0v) is 6.29. The first-order chi connectivity index (χ1) is 4.88. The van der Waals surface area contributed by atoms with E-state index < -0.39 is 0 Å². The molecule has 1 heterocycles. The first kappa shape index (κ1) is 7.94. The predicted molar refractivity (Wildman–Crippen MR) is 35.7 cm³/mol. The average molecular weight is 147 g/mol. The van der Waals surface area contributed by atoms with Gasteiger partial charge >= 0.3 is 0 Å². The van der Waals surface area contributed by atoms with Crippen molar-refractivity contribution in [2.45, 2.75) is 18.9 Å². The van der Waals surface area contributed by atoms with E-state index in [1.807, 2.05) is 5.01 Å². The molecule has 0 radical (unpaired) electrons. The van der Waals surface area contributed by atoms with Crippen molar-refractivity contribution >= 4 is 0 Å². The molecule has 1 saturated heterocycles. The number of nitrogens with zero attached hydrogens (tertiary/aromatic N) is 1. The maximum atomic E-state index is 8.85. The Morgan fingerprint density at radius 2 is 2.60 bits per heavy atom. The topological polar surface area (TPSA) is 49.3 Å². The Balaban J connectivity index is 2.27. The maximum absolute atomic E-state index is 8.85. The Labute approximate surface area is 60.7 Å². The minimum Gasteiger partial charge on any atom is -0.395 e. The lowest BCUT2D eigenvalue weighted by molar-refractivity contribution is -0.997. The highest BCUT2D eigenvalue weighted by Crippen LogP contribution is 2.10. The summed E-state index contributed by atoms with van der Waals surface area (Å²) in [7, 11) is 1.63. The van der Waals surface area contributed by atoms with Crippen LogP contribution in [0.1, 0.15) is 12.8 Å². The number of hydrogen-bond donors (Lipinski definition) is 2. The zero-order valence-electron chi connectivity index (χ0n) is 6.29. The lowest BCUT2D eigenvalue weighted by Crippen LogP contribution is -2.93. The summed E-state index contributed by atoms with van der Waals surface area (Å²) in [6.45, 7) is 1.25. The van der Waals surface area contributed by atoms with Crippen LogP contribution in [0.5, 0.6) is 0 Å². The molecule has 10 heavy (non-hydrogen) atoms. The minimum absolute atomic E-state index is 0.236. The second-order valence-corrected chi connectivity index (χ2v) is 2.56. The van der Waals surface area contributed by atoms with Crippen LogP contribution in [0, 0.1) is 0 Å². The second-order valence-electron chi connectivity index (χ2n) is 2.56. The Bertz CT molecular complexity index is 99.7. The van der Waals surface area contributed by atoms with Crippen molar-refractivity contribution in [2.24, 2.45) is 0 Å². The molecule has 0 aliphatic carbocycles. The lowest BCUT2D eigenvalue weighted by atomic mass is 10.2. The van der Waals surface area contributed by atoms with E-state index in [2.05, 4.69) is 0 Å². The van der Waals surface area contributed by atoms with Crippen molar-refractivity contribution in [3.63, 3.8) is 0 Å². The lowest BCUT2D eigenvalue weighted by Gasteiger charge is -2.16. The van der Waals surface area contributed by atoms with Gasteiger partial charge in [-0.25, -0.2) is 0 Å². The van der Waals surface area contributed by atoms with Gasteiger partial charge in [-0.3, -0.25) is 0 Å². The highest BCUT2D eigenvalue weighted by atomic mass is 16.7. The number of aliphatic hydroxyl groups excluding tert-OH is 1. The molecule has 0 bridgehead atoms. The van der Waals surface area contributed by atoms with Crippen molar-refractivity contribution in [1.29, 1.82) is 0 Å². The molecule has 0 unspecified atom stereocenters. The fourth-order valence-electron chi connectivity index (χ4n) is 1.33. The van der Waals surface area contributed by atoms with Gasteiger partial charge in [-0.2, -0.15) is 4.84 Å². The third kappa shape index (κ3) is 1.67. The standard InChI is InChI=1S/C6H14N2O2/c1-10-7-8-4-2-3-6(8)5-9/h6-7,9H,2-5H2,1H3/p+1/t6-/m0/s1. The van der Waals surface area contributed by atoms with Gasteiger partial charge in [0.25, 0.3) is 0 Å². The molecule has 1 fully saturated rings. The summed E-state index contributed by atoms with van der Waals surface area (Å²) < 4.78 is 0. The van der Waals surface area contributed by atoms with Gasteiger partial charge in [0.2, 0.25) is 0 Å². The quantitative estimate of drug-likeness (QED) is 0.376. The van der Waals surface area contributed by atoms with E-state index in [0.717, 1.165) is 19.4 Å². The van der Waals surface area contributed by atoms with Crippen LogP contribution in [-0.2, 0) is 4.84 Å². The van der Waals surface area contributed by atoms with E-state index >= 15 is 0 Å². The molecule has 4 nitrogen and oxygen atoms in total. The monoisotopic (exact) mass is 147 g/mol. The zero-order chi connectivity index (χ0) is 7.40. The molecule has 0 amide bonds. The van der Waals surface area contributed by atoms with Crippen LogP contribution in [0.25, 0.3) is 0 Å². The Morgan fingerprint density at radius 3 is 3.20 bits per heavy atom. The van der Waals surface area contributed by atoms with Crippen LogP contribution >= 0.6 is 0 Å². The highest BCUT2D eigenvalue weighted by Gasteiger charge is 2.26. The molecule has 1 rings (SSSR count). The summed E-state index contributed by atoms with van der Waals surface area (Å²) >= 11 is 0. The molecule has 0 saturated carbocycles. The average Bonchev–Trinajstić information content (AvgIpc) is 2.36. The molecule has 1 aliphatic heterocycles. The molecular formula is C6H15N2O2+.